The van der Waals surface area contributed by atoms with Crippen LogP contribution in [0.25, 0.3) is 0 Å². The number of amides is 1. The van der Waals surface area contributed by atoms with E-state index in [2.05, 4.69) is 23.6 Å². The van der Waals surface area contributed by atoms with Crippen molar-refractivity contribution in [3.8, 4) is 0 Å². The Balaban J connectivity index is 1.72. The molecule has 0 aromatic carbocycles. The zero-order chi connectivity index (χ0) is 17.9. The maximum absolute atomic E-state index is 12.8. The molecule has 0 bridgehead atoms. The Bertz CT molecular complexity index is 365. The van der Waals surface area contributed by atoms with Crippen molar-refractivity contribution in [1.29, 1.82) is 0 Å². The third kappa shape index (κ3) is 7.68. The molecule has 2 fully saturated rings. The Morgan fingerprint density at radius 1 is 0.960 bits per heavy atom. The highest BCUT2D eigenvalue weighted by Crippen LogP contribution is 2.25. The summed E-state index contributed by atoms with van der Waals surface area (Å²) in [5.74, 6) is 1.79. The summed E-state index contributed by atoms with van der Waals surface area (Å²) in [6.45, 7) is 10.3. The summed E-state index contributed by atoms with van der Waals surface area (Å²) in [6.07, 6.45) is 15.1. The van der Waals surface area contributed by atoms with E-state index in [0.29, 0.717) is 11.8 Å². The molecule has 0 spiro atoms. The Morgan fingerprint density at radius 2 is 1.68 bits per heavy atom. The van der Waals surface area contributed by atoms with Gasteiger partial charge >= 0.3 is 0 Å². The topological polar surface area (TPSA) is 23.6 Å². The molecular weight excluding hydrogens is 308 g/mol. The SMILES string of the molecule is CCCCCC(CCCC)CC(=O)N1CCC(CN2CCCCC2)C1. The Hall–Kier alpha value is -0.570. The van der Waals surface area contributed by atoms with E-state index in [4.69, 9.17) is 0 Å². The van der Waals surface area contributed by atoms with Gasteiger partial charge in [0.2, 0.25) is 5.91 Å². The maximum Gasteiger partial charge on any atom is 0.222 e. The maximum atomic E-state index is 12.8. The van der Waals surface area contributed by atoms with Crippen molar-refractivity contribution in [2.24, 2.45) is 11.8 Å². The molecule has 3 heteroatoms. The summed E-state index contributed by atoms with van der Waals surface area (Å²) in [4.78, 5) is 17.6. The van der Waals surface area contributed by atoms with Crippen LogP contribution >= 0.6 is 0 Å². The van der Waals surface area contributed by atoms with Gasteiger partial charge in [0.15, 0.2) is 0 Å². The van der Waals surface area contributed by atoms with Gasteiger partial charge in [-0.15, -0.1) is 0 Å². The summed E-state index contributed by atoms with van der Waals surface area (Å²) in [5.41, 5.74) is 0. The standard InChI is InChI=1S/C22H42N2O/c1-3-5-8-12-20(11-6-4-2)17-22(25)24-16-13-21(19-24)18-23-14-9-7-10-15-23/h20-21H,3-19H2,1-2H3. The molecule has 2 aliphatic rings. The molecule has 0 aromatic rings. The molecule has 146 valence electrons. The van der Waals surface area contributed by atoms with E-state index in [1.165, 1.54) is 90.3 Å². The first-order valence-electron chi connectivity index (χ1n) is 11.2. The number of piperidine rings is 1. The fraction of sp³-hybridized carbons (Fsp3) is 0.955. The van der Waals surface area contributed by atoms with Gasteiger partial charge < -0.3 is 9.80 Å². The second kappa shape index (κ2) is 11.9. The first kappa shape index (κ1) is 20.7. The van der Waals surface area contributed by atoms with Crippen LogP contribution in [-0.4, -0.2) is 48.4 Å². The molecule has 0 aliphatic carbocycles. The second-order valence-electron chi connectivity index (χ2n) is 8.56. The molecule has 0 aromatic heterocycles. The molecule has 2 atom stereocenters. The quantitative estimate of drug-likeness (QED) is 0.484. The highest BCUT2D eigenvalue weighted by atomic mass is 16.2. The summed E-state index contributed by atoms with van der Waals surface area (Å²) in [5, 5.41) is 0. The first-order chi connectivity index (χ1) is 12.2. The monoisotopic (exact) mass is 350 g/mol. The van der Waals surface area contributed by atoms with Crippen LogP contribution in [0.2, 0.25) is 0 Å². The van der Waals surface area contributed by atoms with Gasteiger partial charge in [-0.3, -0.25) is 4.79 Å². The van der Waals surface area contributed by atoms with Crippen LogP contribution in [0.5, 0.6) is 0 Å². The Labute approximate surface area is 156 Å². The van der Waals surface area contributed by atoms with E-state index in [1.807, 2.05) is 0 Å². The molecule has 0 saturated carbocycles. The molecular formula is C22H42N2O. The van der Waals surface area contributed by atoms with Gasteiger partial charge in [-0.2, -0.15) is 0 Å². The van der Waals surface area contributed by atoms with Crippen molar-refractivity contribution in [2.45, 2.75) is 90.9 Å². The van der Waals surface area contributed by atoms with E-state index >= 15 is 0 Å². The predicted octanol–water partition coefficient (Wildman–Crippen LogP) is 5.10. The van der Waals surface area contributed by atoms with Crippen molar-refractivity contribution in [3.63, 3.8) is 0 Å². The lowest BCUT2D eigenvalue weighted by Gasteiger charge is -2.29. The van der Waals surface area contributed by atoms with E-state index in [0.717, 1.165) is 25.4 Å². The number of carbonyl (C=O) groups excluding carboxylic acids is 1. The number of carbonyl (C=O) groups is 1. The molecule has 3 nitrogen and oxygen atoms in total. The zero-order valence-electron chi connectivity index (χ0n) is 17.0. The molecule has 2 saturated heterocycles. The number of hydrogen-bond donors (Lipinski definition) is 0. The minimum absolute atomic E-state index is 0.443. The zero-order valence-corrected chi connectivity index (χ0v) is 17.0. The molecule has 25 heavy (non-hydrogen) atoms. The largest absolute Gasteiger partial charge is 0.342 e. The lowest BCUT2D eigenvalue weighted by molar-refractivity contribution is -0.131. The van der Waals surface area contributed by atoms with Crippen molar-refractivity contribution < 1.29 is 4.79 Å². The lowest BCUT2D eigenvalue weighted by Crippen LogP contribution is -2.36. The van der Waals surface area contributed by atoms with Gasteiger partial charge in [-0.05, 0) is 57.0 Å². The van der Waals surface area contributed by atoms with Crippen molar-refractivity contribution in [3.05, 3.63) is 0 Å². The van der Waals surface area contributed by atoms with Crippen LogP contribution in [-0.2, 0) is 4.79 Å². The van der Waals surface area contributed by atoms with Gasteiger partial charge in [-0.1, -0.05) is 52.4 Å². The summed E-state index contributed by atoms with van der Waals surface area (Å²) < 4.78 is 0. The van der Waals surface area contributed by atoms with E-state index in [-0.39, 0.29) is 0 Å². The van der Waals surface area contributed by atoms with Crippen molar-refractivity contribution in [1.82, 2.24) is 9.80 Å². The van der Waals surface area contributed by atoms with Crippen LogP contribution in [0.3, 0.4) is 0 Å². The fourth-order valence-electron chi connectivity index (χ4n) is 4.62. The fourth-order valence-corrected chi connectivity index (χ4v) is 4.62. The van der Waals surface area contributed by atoms with Gasteiger partial charge in [-0.25, -0.2) is 0 Å². The summed E-state index contributed by atoms with van der Waals surface area (Å²) >= 11 is 0. The minimum Gasteiger partial charge on any atom is -0.342 e. The van der Waals surface area contributed by atoms with Gasteiger partial charge in [0.25, 0.3) is 0 Å². The third-order valence-corrected chi connectivity index (χ3v) is 6.25. The van der Waals surface area contributed by atoms with E-state index in [1.54, 1.807) is 0 Å². The number of likely N-dealkylation sites (tertiary alicyclic amines) is 2. The second-order valence-corrected chi connectivity index (χ2v) is 8.56. The molecule has 2 unspecified atom stereocenters. The van der Waals surface area contributed by atoms with Crippen LogP contribution in [0.1, 0.15) is 90.9 Å². The first-order valence-corrected chi connectivity index (χ1v) is 11.2. The number of nitrogens with zero attached hydrogens (tertiary/aromatic N) is 2. The molecule has 0 N–H and O–H groups in total. The number of unbranched alkanes of at least 4 members (excludes halogenated alkanes) is 3. The van der Waals surface area contributed by atoms with Crippen molar-refractivity contribution in [2.75, 3.05) is 32.7 Å². The molecule has 1 amide bonds. The molecule has 2 rings (SSSR count). The van der Waals surface area contributed by atoms with Gasteiger partial charge in [0.1, 0.15) is 0 Å². The highest BCUT2D eigenvalue weighted by molar-refractivity contribution is 5.76. The van der Waals surface area contributed by atoms with E-state index in [9.17, 15) is 4.79 Å². The number of rotatable bonds is 11. The molecule has 2 heterocycles. The van der Waals surface area contributed by atoms with Crippen LogP contribution in [0.4, 0.5) is 0 Å². The average molecular weight is 351 g/mol. The van der Waals surface area contributed by atoms with E-state index < -0.39 is 0 Å². The predicted molar refractivity (Wildman–Crippen MR) is 107 cm³/mol. The lowest BCUT2D eigenvalue weighted by atomic mass is 9.92. The Morgan fingerprint density at radius 3 is 2.40 bits per heavy atom. The number of hydrogen-bond acceptors (Lipinski definition) is 2. The highest BCUT2D eigenvalue weighted by Gasteiger charge is 2.29. The summed E-state index contributed by atoms with van der Waals surface area (Å²) in [6, 6.07) is 0. The normalized spacial score (nSPS) is 23.1. The third-order valence-electron chi connectivity index (χ3n) is 6.25. The van der Waals surface area contributed by atoms with Gasteiger partial charge in [0.05, 0.1) is 0 Å². The summed E-state index contributed by atoms with van der Waals surface area (Å²) in [7, 11) is 0. The smallest absolute Gasteiger partial charge is 0.222 e. The molecule has 2 aliphatic heterocycles. The Kier molecular flexibility index (Phi) is 9.90. The van der Waals surface area contributed by atoms with Crippen LogP contribution in [0.15, 0.2) is 0 Å². The minimum atomic E-state index is 0.443. The molecule has 0 radical (unpaired) electrons. The van der Waals surface area contributed by atoms with Crippen molar-refractivity contribution >= 4 is 5.91 Å². The van der Waals surface area contributed by atoms with Crippen LogP contribution in [0, 0.1) is 11.8 Å². The average Bonchev–Trinajstić information content (AvgIpc) is 3.09. The van der Waals surface area contributed by atoms with Gasteiger partial charge in [0, 0.05) is 26.1 Å². The van der Waals surface area contributed by atoms with Crippen LogP contribution < -0.4 is 0 Å².